The molecular formula is C13H13NO6. The summed E-state index contributed by atoms with van der Waals surface area (Å²) in [6.45, 7) is 1.01. The molecule has 3 rings (SSSR count). The van der Waals surface area contributed by atoms with E-state index in [1.807, 2.05) is 0 Å². The zero-order valence-corrected chi connectivity index (χ0v) is 10.6. The number of carbonyl (C=O) groups excluding carboxylic acids is 1. The highest BCUT2D eigenvalue weighted by molar-refractivity contribution is 5.82. The monoisotopic (exact) mass is 279 g/mol. The normalized spacial score (nSPS) is 20.7. The number of amides is 1. The van der Waals surface area contributed by atoms with Crippen LogP contribution < -0.4 is 9.47 Å². The first kappa shape index (κ1) is 12.6. The van der Waals surface area contributed by atoms with Crippen molar-refractivity contribution in [3.8, 4) is 11.5 Å². The van der Waals surface area contributed by atoms with Crippen LogP contribution in [-0.2, 0) is 16.1 Å². The van der Waals surface area contributed by atoms with Gasteiger partial charge in [0.2, 0.25) is 0 Å². The molecule has 1 aromatic rings. The summed E-state index contributed by atoms with van der Waals surface area (Å²) in [5, 5.41) is 9.05. The molecule has 2 aliphatic rings. The van der Waals surface area contributed by atoms with Crippen molar-refractivity contribution in [2.45, 2.75) is 12.6 Å². The highest BCUT2D eigenvalue weighted by Gasteiger charge is 2.38. The molecule has 2 aliphatic heterocycles. The number of aliphatic carboxylic acids is 1. The maximum atomic E-state index is 11.6. The molecule has 0 saturated carbocycles. The first-order chi connectivity index (χ1) is 9.65. The molecule has 0 aromatic heterocycles. The van der Waals surface area contributed by atoms with Crippen molar-refractivity contribution in [1.82, 2.24) is 4.90 Å². The fraction of sp³-hybridized carbons (Fsp3) is 0.385. The number of nitrogens with zero attached hydrogens (tertiary/aromatic N) is 1. The van der Waals surface area contributed by atoms with Crippen molar-refractivity contribution in [1.29, 1.82) is 0 Å². The van der Waals surface area contributed by atoms with Crippen LogP contribution in [0.3, 0.4) is 0 Å². The Morgan fingerprint density at radius 2 is 2.00 bits per heavy atom. The molecular weight excluding hydrogens is 266 g/mol. The summed E-state index contributed by atoms with van der Waals surface area (Å²) >= 11 is 0. The number of carbonyl (C=O) groups is 2. The highest BCUT2D eigenvalue weighted by atomic mass is 16.6. The van der Waals surface area contributed by atoms with E-state index in [9.17, 15) is 9.59 Å². The average molecular weight is 279 g/mol. The van der Waals surface area contributed by atoms with Crippen molar-refractivity contribution in [2.24, 2.45) is 0 Å². The Balaban J connectivity index is 1.80. The standard InChI is InChI=1S/C13H13NO6/c15-12(16)9-7-20-13(17)14(9)6-8-1-2-10-11(5-8)19-4-3-18-10/h1-2,5,9H,3-4,6-7H2,(H,15,16). The van der Waals surface area contributed by atoms with Crippen molar-refractivity contribution in [2.75, 3.05) is 19.8 Å². The van der Waals surface area contributed by atoms with Crippen LogP contribution in [0.2, 0.25) is 0 Å². The van der Waals surface area contributed by atoms with Crippen LogP contribution >= 0.6 is 0 Å². The first-order valence-electron chi connectivity index (χ1n) is 6.20. The molecule has 106 valence electrons. The maximum Gasteiger partial charge on any atom is 0.411 e. The molecule has 0 bridgehead atoms. The van der Waals surface area contributed by atoms with Gasteiger partial charge < -0.3 is 19.3 Å². The van der Waals surface area contributed by atoms with Crippen LogP contribution in [0.25, 0.3) is 0 Å². The van der Waals surface area contributed by atoms with E-state index in [-0.39, 0.29) is 13.2 Å². The Morgan fingerprint density at radius 1 is 1.25 bits per heavy atom. The molecule has 20 heavy (non-hydrogen) atoms. The summed E-state index contributed by atoms with van der Waals surface area (Å²) < 4.78 is 15.6. The number of rotatable bonds is 3. The first-order valence-corrected chi connectivity index (χ1v) is 6.20. The van der Waals surface area contributed by atoms with Crippen LogP contribution in [0, 0.1) is 0 Å². The molecule has 1 unspecified atom stereocenters. The summed E-state index contributed by atoms with van der Waals surface area (Å²) in [6, 6.07) is 4.33. The molecule has 1 atom stereocenters. The van der Waals surface area contributed by atoms with E-state index in [0.29, 0.717) is 24.7 Å². The Kier molecular flexibility index (Phi) is 3.09. The molecule has 1 amide bonds. The third-order valence-corrected chi connectivity index (χ3v) is 3.22. The number of cyclic esters (lactones) is 1. The number of carboxylic acid groups (broad SMARTS) is 1. The van der Waals surface area contributed by atoms with Gasteiger partial charge in [-0.15, -0.1) is 0 Å². The molecule has 0 spiro atoms. The van der Waals surface area contributed by atoms with E-state index < -0.39 is 18.1 Å². The molecule has 1 aromatic carbocycles. The second-order valence-corrected chi connectivity index (χ2v) is 4.54. The van der Waals surface area contributed by atoms with Crippen LogP contribution in [0.15, 0.2) is 18.2 Å². The summed E-state index contributed by atoms with van der Waals surface area (Å²) in [5.41, 5.74) is 0.763. The van der Waals surface area contributed by atoms with Crippen LogP contribution in [0.4, 0.5) is 4.79 Å². The smallest absolute Gasteiger partial charge is 0.411 e. The van der Waals surface area contributed by atoms with Crippen LogP contribution in [0.1, 0.15) is 5.56 Å². The molecule has 1 N–H and O–H groups in total. The number of hydrogen-bond acceptors (Lipinski definition) is 5. The highest BCUT2D eigenvalue weighted by Crippen LogP contribution is 2.31. The Morgan fingerprint density at radius 3 is 2.75 bits per heavy atom. The molecule has 7 nitrogen and oxygen atoms in total. The average Bonchev–Trinajstić information content (AvgIpc) is 2.80. The quantitative estimate of drug-likeness (QED) is 0.883. The van der Waals surface area contributed by atoms with Gasteiger partial charge in [0, 0.05) is 0 Å². The summed E-state index contributed by atoms with van der Waals surface area (Å²) in [7, 11) is 0. The lowest BCUT2D eigenvalue weighted by atomic mass is 10.1. The van der Waals surface area contributed by atoms with E-state index in [2.05, 4.69) is 0 Å². The number of ether oxygens (including phenoxy) is 3. The topological polar surface area (TPSA) is 85.3 Å². The molecule has 2 heterocycles. The van der Waals surface area contributed by atoms with Gasteiger partial charge in [0.05, 0.1) is 6.54 Å². The largest absolute Gasteiger partial charge is 0.486 e. The minimum absolute atomic E-state index is 0.126. The van der Waals surface area contributed by atoms with Crippen molar-refractivity contribution in [3.05, 3.63) is 23.8 Å². The fourth-order valence-corrected chi connectivity index (χ4v) is 2.21. The van der Waals surface area contributed by atoms with E-state index in [1.54, 1.807) is 18.2 Å². The third-order valence-electron chi connectivity index (χ3n) is 3.22. The Labute approximate surface area is 114 Å². The van der Waals surface area contributed by atoms with Gasteiger partial charge in [0.25, 0.3) is 0 Å². The predicted molar refractivity (Wildman–Crippen MR) is 65.7 cm³/mol. The van der Waals surface area contributed by atoms with E-state index in [1.165, 1.54) is 4.90 Å². The maximum absolute atomic E-state index is 11.6. The SMILES string of the molecule is O=C(O)C1COC(=O)N1Cc1ccc2c(c1)OCCO2. The summed E-state index contributed by atoms with van der Waals surface area (Å²) in [6.07, 6.45) is -0.618. The van der Waals surface area contributed by atoms with Gasteiger partial charge >= 0.3 is 12.1 Å². The second-order valence-electron chi connectivity index (χ2n) is 4.54. The molecule has 1 saturated heterocycles. The van der Waals surface area contributed by atoms with Gasteiger partial charge in [-0.3, -0.25) is 4.90 Å². The van der Waals surface area contributed by atoms with E-state index >= 15 is 0 Å². The van der Waals surface area contributed by atoms with Crippen molar-refractivity contribution < 1.29 is 28.9 Å². The second kappa shape index (κ2) is 4.92. The van der Waals surface area contributed by atoms with E-state index in [4.69, 9.17) is 19.3 Å². The summed E-state index contributed by atoms with van der Waals surface area (Å²) in [4.78, 5) is 23.8. The van der Waals surface area contributed by atoms with Crippen LogP contribution in [0.5, 0.6) is 11.5 Å². The lowest BCUT2D eigenvalue weighted by molar-refractivity contribution is -0.141. The molecule has 0 aliphatic carbocycles. The van der Waals surface area contributed by atoms with Gasteiger partial charge in [0.1, 0.15) is 19.8 Å². The molecule has 1 fully saturated rings. The minimum Gasteiger partial charge on any atom is -0.486 e. The molecule has 0 radical (unpaired) electrons. The van der Waals surface area contributed by atoms with Crippen molar-refractivity contribution >= 4 is 12.1 Å². The fourth-order valence-electron chi connectivity index (χ4n) is 2.21. The number of fused-ring (bicyclic) bond motifs is 1. The Hall–Kier alpha value is -2.44. The number of hydrogen-bond donors (Lipinski definition) is 1. The lowest BCUT2D eigenvalue weighted by Gasteiger charge is -2.21. The van der Waals surface area contributed by atoms with Crippen molar-refractivity contribution in [3.63, 3.8) is 0 Å². The number of benzene rings is 1. The van der Waals surface area contributed by atoms with Gasteiger partial charge in [-0.05, 0) is 17.7 Å². The predicted octanol–water partition coefficient (Wildman–Crippen LogP) is 0.863. The third kappa shape index (κ3) is 2.22. The summed E-state index contributed by atoms with van der Waals surface area (Å²) in [5.74, 6) is 0.181. The Bertz CT molecular complexity index is 558. The lowest BCUT2D eigenvalue weighted by Crippen LogP contribution is -2.38. The zero-order chi connectivity index (χ0) is 14.1. The molecule has 7 heteroatoms. The van der Waals surface area contributed by atoms with Gasteiger partial charge in [-0.1, -0.05) is 6.07 Å². The zero-order valence-electron chi connectivity index (χ0n) is 10.6. The van der Waals surface area contributed by atoms with Gasteiger partial charge in [-0.25, -0.2) is 9.59 Å². The van der Waals surface area contributed by atoms with Crippen LogP contribution in [-0.4, -0.2) is 47.9 Å². The van der Waals surface area contributed by atoms with Gasteiger partial charge in [-0.2, -0.15) is 0 Å². The van der Waals surface area contributed by atoms with E-state index in [0.717, 1.165) is 5.56 Å². The minimum atomic E-state index is -1.08. The van der Waals surface area contributed by atoms with Gasteiger partial charge in [0.15, 0.2) is 17.5 Å². The number of carboxylic acids is 1.